The molecule has 0 aliphatic carbocycles. The van der Waals surface area contributed by atoms with Crippen LogP contribution in [0.15, 0.2) is 85.0 Å². The van der Waals surface area contributed by atoms with Crippen molar-refractivity contribution in [2.75, 3.05) is 18.0 Å². The summed E-state index contributed by atoms with van der Waals surface area (Å²) in [6.45, 7) is 2.43. The fraction of sp³-hybridized carbons (Fsp3) is 0.214. The molecule has 4 rings (SSSR count). The van der Waals surface area contributed by atoms with E-state index >= 15 is 0 Å². The number of anilines is 1. The van der Waals surface area contributed by atoms with E-state index < -0.39 is 4.92 Å². The standard InChI is InChI=1S/C28H28N2O2/c31-30(32)27-17-15-23(16-18-27)11-7-5-3-1-2-4-6-8-12-24-21-25-13-9-19-29-20-10-14-26(22-24)28(25)29/h1-8,11-12,15-18,21-22H,9-10,13-14,19-20H2/b2-1+,5-3+,6-4+,11-7+,12-8+. The van der Waals surface area contributed by atoms with Crippen molar-refractivity contribution < 1.29 is 4.92 Å². The van der Waals surface area contributed by atoms with Crippen LogP contribution in [0.3, 0.4) is 0 Å². The molecule has 0 amide bonds. The Morgan fingerprint density at radius 3 is 1.75 bits per heavy atom. The third-order valence-electron chi connectivity index (χ3n) is 5.81. The fourth-order valence-corrected chi connectivity index (χ4v) is 4.35. The van der Waals surface area contributed by atoms with E-state index in [2.05, 4.69) is 29.2 Å². The quantitative estimate of drug-likeness (QED) is 0.283. The predicted molar refractivity (Wildman–Crippen MR) is 134 cm³/mol. The van der Waals surface area contributed by atoms with Crippen molar-refractivity contribution >= 4 is 23.5 Å². The van der Waals surface area contributed by atoms with Gasteiger partial charge in [0.05, 0.1) is 4.92 Å². The Morgan fingerprint density at radius 1 is 0.719 bits per heavy atom. The van der Waals surface area contributed by atoms with Crippen LogP contribution in [0.1, 0.15) is 35.1 Å². The van der Waals surface area contributed by atoms with Crippen molar-refractivity contribution in [1.29, 1.82) is 0 Å². The average molecular weight is 425 g/mol. The molecule has 2 aromatic rings. The number of allylic oxidation sites excluding steroid dienone is 8. The van der Waals surface area contributed by atoms with Crippen LogP contribution in [0.4, 0.5) is 11.4 Å². The average Bonchev–Trinajstić information content (AvgIpc) is 2.81. The van der Waals surface area contributed by atoms with Gasteiger partial charge in [-0.1, -0.05) is 60.8 Å². The zero-order chi connectivity index (χ0) is 22.2. The van der Waals surface area contributed by atoms with Crippen molar-refractivity contribution in [1.82, 2.24) is 0 Å². The van der Waals surface area contributed by atoms with Crippen LogP contribution in [0, 0.1) is 10.1 Å². The molecule has 0 fully saturated rings. The van der Waals surface area contributed by atoms with Crippen molar-refractivity contribution in [3.63, 3.8) is 0 Å². The first-order chi connectivity index (χ1) is 15.7. The summed E-state index contributed by atoms with van der Waals surface area (Å²) in [7, 11) is 0. The number of rotatable bonds is 7. The van der Waals surface area contributed by atoms with Gasteiger partial charge in [-0.05, 0) is 72.2 Å². The van der Waals surface area contributed by atoms with Gasteiger partial charge in [0.25, 0.3) is 5.69 Å². The highest BCUT2D eigenvalue weighted by Gasteiger charge is 2.23. The molecule has 32 heavy (non-hydrogen) atoms. The van der Waals surface area contributed by atoms with E-state index in [1.165, 1.54) is 73.3 Å². The summed E-state index contributed by atoms with van der Waals surface area (Å²) in [6.07, 6.45) is 25.0. The molecule has 2 aromatic carbocycles. The van der Waals surface area contributed by atoms with Crippen LogP contribution in [0.2, 0.25) is 0 Å². The van der Waals surface area contributed by atoms with E-state index in [1.54, 1.807) is 12.1 Å². The molecule has 162 valence electrons. The lowest BCUT2D eigenvalue weighted by Crippen LogP contribution is -2.34. The molecule has 0 spiro atoms. The predicted octanol–water partition coefficient (Wildman–Crippen LogP) is 6.69. The van der Waals surface area contributed by atoms with E-state index in [9.17, 15) is 10.1 Å². The minimum absolute atomic E-state index is 0.106. The van der Waals surface area contributed by atoms with E-state index in [-0.39, 0.29) is 5.69 Å². The Kier molecular flexibility index (Phi) is 7.13. The van der Waals surface area contributed by atoms with Gasteiger partial charge in [0, 0.05) is 30.9 Å². The van der Waals surface area contributed by atoms with Gasteiger partial charge in [-0.2, -0.15) is 0 Å². The minimum atomic E-state index is -0.392. The second-order valence-corrected chi connectivity index (χ2v) is 8.10. The number of nitro benzene ring substituents is 1. The first-order valence-electron chi connectivity index (χ1n) is 11.2. The van der Waals surface area contributed by atoms with Gasteiger partial charge < -0.3 is 4.90 Å². The topological polar surface area (TPSA) is 46.4 Å². The smallest absolute Gasteiger partial charge is 0.269 e. The lowest BCUT2D eigenvalue weighted by molar-refractivity contribution is -0.384. The molecular formula is C28H28N2O2. The summed E-state index contributed by atoms with van der Waals surface area (Å²) < 4.78 is 0. The molecule has 2 aliphatic heterocycles. The number of nitrogens with zero attached hydrogens (tertiary/aromatic N) is 2. The zero-order valence-electron chi connectivity index (χ0n) is 18.2. The summed E-state index contributed by atoms with van der Waals surface area (Å²) in [6, 6.07) is 11.2. The van der Waals surface area contributed by atoms with Crippen molar-refractivity contribution in [3.8, 4) is 0 Å². The third kappa shape index (κ3) is 5.52. The summed E-state index contributed by atoms with van der Waals surface area (Å²) in [5.74, 6) is 0. The maximum atomic E-state index is 10.7. The van der Waals surface area contributed by atoms with Crippen LogP contribution in [0.25, 0.3) is 12.2 Å². The van der Waals surface area contributed by atoms with Crippen LogP contribution in [-0.2, 0) is 12.8 Å². The zero-order valence-corrected chi connectivity index (χ0v) is 18.2. The van der Waals surface area contributed by atoms with E-state index in [0.29, 0.717) is 0 Å². The molecule has 0 saturated carbocycles. The highest BCUT2D eigenvalue weighted by atomic mass is 16.6. The first kappa shape index (κ1) is 21.6. The lowest BCUT2D eigenvalue weighted by atomic mass is 9.90. The van der Waals surface area contributed by atoms with Gasteiger partial charge >= 0.3 is 0 Å². The highest BCUT2D eigenvalue weighted by Crippen LogP contribution is 2.36. The number of hydrogen-bond donors (Lipinski definition) is 0. The van der Waals surface area contributed by atoms with Gasteiger partial charge in [-0.15, -0.1) is 0 Å². The molecule has 0 saturated heterocycles. The maximum absolute atomic E-state index is 10.7. The van der Waals surface area contributed by atoms with Gasteiger partial charge in [0.2, 0.25) is 0 Å². The summed E-state index contributed by atoms with van der Waals surface area (Å²) in [5.41, 5.74) is 6.89. The molecule has 0 atom stereocenters. The molecule has 0 radical (unpaired) electrons. The van der Waals surface area contributed by atoms with Crippen LogP contribution in [0.5, 0.6) is 0 Å². The van der Waals surface area contributed by atoms with Gasteiger partial charge in [0.1, 0.15) is 0 Å². The number of hydrogen-bond acceptors (Lipinski definition) is 3. The van der Waals surface area contributed by atoms with Crippen LogP contribution in [-0.4, -0.2) is 18.0 Å². The summed E-state index contributed by atoms with van der Waals surface area (Å²) >= 11 is 0. The summed E-state index contributed by atoms with van der Waals surface area (Å²) in [4.78, 5) is 12.8. The molecule has 0 N–H and O–H groups in total. The first-order valence-corrected chi connectivity index (χ1v) is 11.2. The molecule has 2 heterocycles. The molecule has 2 aliphatic rings. The lowest BCUT2D eigenvalue weighted by Gasteiger charge is -2.37. The highest BCUT2D eigenvalue weighted by molar-refractivity contribution is 5.68. The largest absolute Gasteiger partial charge is 0.371 e. The summed E-state index contributed by atoms with van der Waals surface area (Å²) in [5, 5.41) is 10.7. The second kappa shape index (κ2) is 10.6. The van der Waals surface area contributed by atoms with E-state index in [4.69, 9.17) is 0 Å². The van der Waals surface area contributed by atoms with Crippen LogP contribution >= 0.6 is 0 Å². The number of nitro groups is 1. The maximum Gasteiger partial charge on any atom is 0.269 e. The van der Waals surface area contributed by atoms with E-state index in [1.807, 2.05) is 48.6 Å². The minimum Gasteiger partial charge on any atom is -0.371 e. The van der Waals surface area contributed by atoms with Gasteiger partial charge in [-0.3, -0.25) is 10.1 Å². The number of benzene rings is 2. The van der Waals surface area contributed by atoms with Gasteiger partial charge in [-0.25, -0.2) is 0 Å². The van der Waals surface area contributed by atoms with Crippen molar-refractivity contribution in [2.45, 2.75) is 25.7 Å². The Morgan fingerprint density at radius 2 is 1.22 bits per heavy atom. The van der Waals surface area contributed by atoms with Crippen molar-refractivity contribution in [3.05, 3.63) is 117 Å². The second-order valence-electron chi connectivity index (χ2n) is 8.10. The number of non-ortho nitro benzene ring substituents is 1. The van der Waals surface area contributed by atoms with Crippen molar-refractivity contribution in [2.24, 2.45) is 0 Å². The molecule has 4 nitrogen and oxygen atoms in total. The molecule has 0 unspecified atom stereocenters. The normalized spacial score (nSPS) is 16.2. The Hall–Kier alpha value is -3.66. The SMILES string of the molecule is O=[N+]([O-])c1ccc(/C=C/C=C/C=C/C=C/C=C/c2cc3c4c(c2)CCCN4CCC3)cc1. The number of aryl methyl sites for hydroxylation is 2. The molecule has 0 bridgehead atoms. The monoisotopic (exact) mass is 424 g/mol. The molecule has 4 heteroatoms. The fourth-order valence-electron chi connectivity index (χ4n) is 4.35. The third-order valence-corrected chi connectivity index (χ3v) is 5.81. The Bertz CT molecular complexity index is 1070. The van der Waals surface area contributed by atoms with E-state index in [0.717, 1.165) is 5.56 Å². The molecule has 0 aromatic heterocycles. The Balaban J connectivity index is 1.27. The molecular weight excluding hydrogens is 396 g/mol. The Labute approximate surface area is 189 Å². The van der Waals surface area contributed by atoms with Gasteiger partial charge in [0.15, 0.2) is 0 Å². The van der Waals surface area contributed by atoms with Crippen LogP contribution < -0.4 is 4.90 Å².